The zero-order valence-corrected chi connectivity index (χ0v) is 9.82. The number of nitrogens with zero attached hydrogens (tertiary/aromatic N) is 1. The van der Waals surface area contributed by atoms with Crippen molar-refractivity contribution < 1.29 is 9.59 Å². The van der Waals surface area contributed by atoms with Crippen LogP contribution < -0.4 is 16.6 Å². The molecule has 1 rings (SSSR count). The fraction of sp³-hybridized carbons (Fsp3) is 0.800. The molecular formula is C10H20N4O2. The first kappa shape index (κ1) is 12.9. The summed E-state index contributed by atoms with van der Waals surface area (Å²) in [6.45, 7) is 2.11. The molecule has 0 radical (unpaired) electrons. The molecule has 1 aliphatic rings. The summed E-state index contributed by atoms with van der Waals surface area (Å²) >= 11 is 0. The Hall–Kier alpha value is -1.14. The molecule has 0 heterocycles. The van der Waals surface area contributed by atoms with E-state index in [1.54, 1.807) is 11.9 Å². The van der Waals surface area contributed by atoms with Gasteiger partial charge in [0.2, 0.25) is 5.91 Å². The van der Waals surface area contributed by atoms with E-state index in [2.05, 4.69) is 10.7 Å². The number of carbonyl (C=O) groups is 2. The van der Waals surface area contributed by atoms with Crippen molar-refractivity contribution in [2.75, 3.05) is 13.6 Å². The summed E-state index contributed by atoms with van der Waals surface area (Å²) in [7, 11) is 1.75. The number of rotatable bonds is 6. The van der Waals surface area contributed by atoms with E-state index in [9.17, 15) is 9.59 Å². The molecule has 92 valence electrons. The lowest BCUT2D eigenvalue weighted by atomic mass is 10.2. The van der Waals surface area contributed by atoms with Gasteiger partial charge in [0.15, 0.2) is 0 Å². The van der Waals surface area contributed by atoms with E-state index in [0.29, 0.717) is 12.5 Å². The lowest BCUT2D eigenvalue weighted by Crippen LogP contribution is -2.50. The molecule has 0 bridgehead atoms. The summed E-state index contributed by atoms with van der Waals surface area (Å²) in [5.74, 6) is 4.79. The smallest absolute Gasteiger partial charge is 0.251 e. The average Bonchev–Trinajstić information content (AvgIpc) is 3.02. The molecule has 1 atom stereocenters. The Morgan fingerprint density at radius 2 is 2.12 bits per heavy atom. The Morgan fingerprint density at radius 3 is 2.56 bits per heavy atom. The van der Waals surface area contributed by atoms with E-state index in [0.717, 1.165) is 12.8 Å². The second-order valence-electron chi connectivity index (χ2n) is 4.19. The minimum atomic E-state index is -0.352. The van der Waals surface area contributed by atoms with Crippen molar-refractivity contribution in [2.24, 2.45) is 5.84 Å². The van der Waals surface area contributed by atoms with Gasteiger partial charge in [0, 0.05) is 6.04 Å². The van der Waals surface area contributed by atoms with Crippen LogP contribution >= 0.6 is 0 Å². The van der Waals surface area contributed by atoms with Gasteiger partial charge < -0.3 is 5.32 Å². The van der Waals surface area contributed by atoms with Crippen molar-refractivity contribution in [1.82, 2.24) is 15.6 Å². The summed E-state index contributed by atoms with van der Waals surface area (Å²) in [5, 5.41) is 2.88. The van der Waals surface area contributed by atoms with Gasteiger partial charge in [0.05, 0.1) is 12.6 Å². The number of nitrogens with one attached hydrogen (secondary N) is 2. The lowest BCUT2D eigenvalue weighted by molar-refractivity contribution is -0.128. The van der Waals surface area contributed by atoms with Crippen LogP contribution in [0.2, 0.25) is 0 Å². The summed E-state index contributed by atoms with van der Waals surface area (Å²) in [6.07, 6.45) is 2.75. The third-order valence-corrected chi connectivity index (χ3v) is 2.70. The summed E-state index contributed by atoms with van der Waals surface area (Å²) in [5.41, 5.74) is 2.11. The minimum absolute atomic E-state index is 0.0340. The van der Waals surface area contributed by atoms with Gasteiger partial charge in [0.1, 0.15) is 0 Å². The molecule has 0 aliphatic heterocycles. The van der Waals surface area contributed by atoms with Gasteiger partial charge in [-0.2, -0.15) is 0 Å². The molecule has 0 saturated heterocycles. The molecule has 6 heteroatoms. The number of carbonyl (C=O) groups excluding carboxylic acids is 2. The third kappa shape index (κ3) is 3.79. The van der Waals surface area contributed by atoms with Crippen LogP contribution in [0, 0.1) is 0 Å². The molecule has 6 nitrogen and oxygen atoms in total. The number of hydrogen-bond acceptors (Lipinski definition) is 4. The topological polar surface area (TPSA) is 87.5 Å². The van der Waals surface area contributed by atoms with Crippen LogP contribution in [-0.2, 0) is 9.59 Å². The molecule has 4 N–H and O–H groups in total. The zero-order chi connectivity index (χ0) is 12.1. The number of likely N-dealkylation sites (N-methyl/N-ethyl adjacent to an activating group) is 1. The van der Waals surface area contributed by atoms with E-state index in [1.165, 1.54) is 0 Å². The molecule has 2 amide bonds. The Bertz CT molecular complexity index is 266. The molecule has 16 heavy (non-hydrogen) atoms. The van der Waals surface area contributed by atoms with E-state index >= 15 is 0 Å². The molecule has 0 aromatic heterocycles. The predicted molar refractivity (Wildman–Crippen MR) is 60.2 cm³/mol. The highest BCUT2D eigenvalue weighted by molar-refractivity contribution is 5.83. The first-order valence-electron chi connectivity index (χ1n) is 5.58. The van der Waals surface area contributed by atoms with Crippen molar-refractivity contribution in [3.8, 4) is 0 Å². The fourth-order valence-corrected chi connectivity index (χ4v) is 1.63. The predicted octanol–water partition coefficient (Wildman–Crippen LogP) is -1.03. The number of nitrogens with two attached hydrogens (primary N) is 1. The van der Waals surface area contributed by atoms with Crippen molar-refractivity contribution in [2.45, 2.75) is 38.3 Å². The Morgan fingerprint density at radius 1 is 1.50 bits per heavy atom. The molecular weight excluding hydrogens is 208 g/mol. The van der Waals surface area contributed by atoms with Gasteiger partial charge in [-0.3, -0.25) is 19.9 Å². The second kappa shape index (κ2) is 5.81. The van der Waals surface area contributed by atoms with Gasteiger partial charge in [-0.05, 0) is 26.3 Å². The molecule has 1 saturated carbocycles. The summed E-state index contributed by atoms with van der Waals surface area (Å²) in [6, 6.07) is -0.000681. The van der Waals surface area contributed by atoms with Gasteiger partial charge in [0.25, 0.3) is 5.91 Å². The molecule has 0 spiro atoms. The quantitative estimate of drug-likeness (QED) is 0.308. The van der Waals surface area contributed by atoms with Crippen LogP contribution in [0.25, 0.3) is 0 Å². The highest BCUT2D eigenvalue weighted by Crippen LogP contribution is 2.18. The molecule has 1 unspecified atom stereocenters. The molecule has 0 aromatic rings. The molecule has 1 aliphatic carbocycles. The monoisotopic (exact) mass is 228 g/mol. The van der Waals surface area contributed by atoms with E-state index in [4.69, 9.17) is 5.84 Å². The van der Waals surface area contributed by atoms with E-state index in [-0.39, 0.29) is 24.4 Å². The second-order valence-corrected chi connectivity index (χ2v) is 4.19. The van der Waals surface area contributed by atoms with E-state index < -0.39 is 0 Å². The highest BCUT2D eigenvalue weighted by atomic mass is 16.2. The number of hydrazine groups is 1. The van der Waals surface area contributed by atoms with Crippen LogP contribution in [0.1, 0.15) is 26.2 Å². The summed E-state index contributed by atoms with van der Waals surface area (Å²) in [4.78, 5) is 24.6. The van der Waals surface area contributed by atoms with Crippen molar-refractivity contribution in [3.63, 3.8) is 0 Å². The average molecular weight is 228 g/mol. The Kier molecular flexibility index (Phi) is 4.70. The normalized spacial score (nSPS) is 17.0. The lowest BCUT2D eigenvalue weighted by Gasteiger charge is -2.24. The standard InChI is InChI=1S/C10H20N4O2/c1-3-8(10(16)13-11)14(2)6-9(15)12-7-4-5-7/h7-8H,3-6,11H2,1-2H3,(H,12,15)(H,13,16). The maximum absolute atomic E-state index is 11.5. The van der Waals surface area contributed by atoms with Crippen LogP contribution in [0.4, 0.5) is 0 Å². The van der Waals surface area contributed by atoms with Gasteiger partial charge in [-0.25, -0.2) is 5.84 Å². The molecule has 1 fully saturated rings. The van der Waals surface area contributed by atoms with Gasteiger partial charge in [-0.1, -0.05) is 6.92 Å². The number of hydrogen-bond donors (Lipinski definition) is 3. The van der Waals surface area contributed by atoms with Gasteiger partial charge in [-0.15, -0.1) is 0 Å². The molecule has 0 aromatic carbocycles. The minimum Gasteiger partial charge on any atom is -0.352 e. The van der Waals surface area contributed by atoms with Crippen LogP contribution in [0.3, 0.4) is 0 Å². The van der Waals surface area contributed by atoms with Gasteiger partial charge >= 0.3 is 0 Å². The highest BCUT2D eigenvalue weighted by Gasteiger charge is 2.26. The fourth-order valence-electron chi connectivity index (χ4n) is 1.63. The summed E-state index contributed by atoms with van der Waals surface area (Å²) < 4.78 is 0. The van der Waals surface area contributed by atoms with Crippen molar-refractivity contribution in [3.05, 3.63) is 0 Å². The third-order valence-electron chi connectivity index (χ3n) is 2.70. The Balaban J connectivity index is 2.37. The SMILES string of the molecule is CCC(C(=O)NN)N(C)CC(=O)NC1CC1. The number of amides is 2. The van der Waals surface area contributed by atoms with Crippen LogP contribution in [0.15, 0.2) is 0 Å². The Labute approximate surface area is 95.5 Å². The zero-order valence-electron chi connectivity index (χ0n) is 9.82. The first-order chi connectivity index (χ1) is 7.58. The maximum atomic E-state index is 11.5. The largest absolute Gasteiger partial charge is 0.352 e. The van der Waals surface area contributed by atoms with Crippen molar-refractivity contribution in [1.29, 1.82) is 0 Å². The van der Waals surface area contributed by atoms with Crippen molar-refractivity contribution >= 4 is 11.8 Å². The van der Waals surface area contributed by atoms with E-state index in [1.807, 2.05) is 6.92 Å². The van der Waals surface area contributed by atoms with Crippen LogP contribution in [0.5, 0.6) is 0 Å². The first-order valence-corrected chi connectivity index (χ1v) is 5.58. The maximum Gasteiger partial charge on any atom is 0.251 e. The van der Waals surface area contributed by atoms with Crippen LogP contribution in [-0.4, -0.2) is 42.4 Å².